The molecule has 0 spiro atoms. The molecule has 82 heavy (non-hydrogen) atoms. The van der Waals surface area contributed by atoms with E-state index in [1.165, 1.54) is 43.7 Å². The van der Waals surface area contributed by atoms with Crippen LogP contribution in [0.25, 0.3) is 0 Å². The first kappa shape index (κ1) is 69.7. The number of aliphatic imine (C=N–C) groups is 1. The van der Waals surface area contributed by atoms with Gasteiger partial charge in [0.15, 0.2) is 5.96 Å². The van der Waals surface area contributed by atoms with Crippen molar-refractivity contribution < 1.29 is 73.2 Å². The number of aliphatic hydroxyl groups excluding tert-OH is 1. The number of aromatic amines is 1. The molecule has 0 saturated carbocycles. The van der Waals surface area contributed by atoms with Crippen LogP contribution in [0.2, 0.25) is 0 Å². The first-order valence-corrected chi connectivity index (χ1v) is 26.7. The predicted molar refractivity (Wildman–Crippen MR) is 295 cm³/mol. The number of amides is 9. The molecule has 0 saturated heterocycles. The molecule has 2 aromatic rings. The van der Waals surface area contributed by atoms with E-state index in [4.69, 9.17) is 22.9 Å². The van der Waals surface area contributed by atoms with E-state index in [9.17, 15) is 73.2 Å². The number of nitrogens with zero attached hydrogens (tertiary/aromatic N) is 2. The molecule has 31 nitrogen and oxygen atoms in total. The Morgan fingerprint density at radius 3 is 1.80 bits per heavy atom. The summed E-state index contributed by atoms with van der Waals surface area (Å²) in [5, 5.41) is 60.6. The van der Waals surface area contributed by atoms with Crippen molar-refractivity contribution >= 4 is 71.1 Å². The van der Waals surface area contributed by atoms with E-state index in [0.29, 0.717) is 30.5 Å². The zero-order chi connectivity index (χ0) is 61.6. The standard InChI is InChI=1S/C51H82N16O15/c1-6-27(4)41(49(80)65-35(19-29-12-14-31(69)15-13-29)46(77)60-28(5)42(73)62-36(20-30-22-56-25-59-30)47(78)66-38(24-68)50(81)82)67-39(70)23-58-44(75)34(18-26(2)3)64-45(76)33(11-7-8-16-52)61-48(79)37(21-40(71)72)63-43(74)32(53)10-9-17-57-51(54)55/h12-15,22,25-28,32-38,41,68-69H,6-11,16-21,23-24,52-53H2,1-5H3,(H,56,59)(H,58,75)(H,60,77)(H,61,79)(H,62,73)(H,63,74)(H,64,76)(H,65,80)(H,66,78)(H,67,70)(H,71,72)(H,81,82)(H4,54,55,57)/t27-,28-,32-,33-,34-,35-,36-,37-,38-,41-/m0/s1. The van der Waals surface area contributed by atoms with Crippen LogP contribution in [0.4, 0.5) is 0 Å². The Labute approximate surface area is 473 Å². The van der Waals surface area contributed by atoms with Crippen LogP contribution >= 0.6 is 0 Å². The Morgan fingerprint density at radius 2 is 1.23 bits per heavy atom. The monoisotopic (exact) mass is 1160 g/mol. The third-order valence-corrected chi connectivity index (χ3v) is 12.6. The van der Waals surface area contributed by atoms with Gasteiger partial charge < -0.3 is 96.2 Å². The van der Waals surface area contributed by atoms with Crippen molar-refractivity contribution in [2.45, 2.75) is 153 Å². The second-order valence-electron chi connectivity index (χ2n) is 20.0. The van der Waals surface area contributed by atoms with Crippen molar-refractivity contribution in [2.24, 2.45) is 39.8 Å². The Morgan fingerprint density at radius 1 is 0.659 bits per heavy atom. The van der Waals surface area contributed by atoms with E-state index in [1.54, 1.807) is 27.7 Å². The molecule has 2 rings (SSSR count). The number of guanidine groups is 1. The number of unbranched alkanes of at least 4 members (excludes halogenated alkanes) is 1. The van der Waals surface area contributed by atoms with Crippen LogP contribution in [0, 0.1) is 11.8 Å². The summed E-state index contributed by atoms with van der Waals surface area (Å²) in [6.45, 7) is 6.88. The fraction of sp³-hybridized carbons (Fsp3) is 0.588. The second-order valence-corrected chi connectivity index (χ2v) is 20.0. The molecule has 0 radical (unpaired) electrons. The van der Waals surface area contributed by atoms with E-state index < -0.39 is 145 Å². The van der Waals surface area contributed by atoms with E-state index >= 15 is 0 Å². The molecule has 456 valence electrons. The summed E-state index contributed by atoms with van der Waals surface area (Å²) < 4.78 is 0. The maximum absolute atomic E-state index is 14.2. The quantitative estimate of drug-likeness (QED) is 0.0170. The largest absolute Gasteiger partial charge is 0.508 e. The first-order chi connectivity index (χ1) is 38.7. The number of aromatic nitrogens is 2. The Hall–Kier alpha value is -8.45. The zero-order valence-electron chi connectivity index (χ0n) is 46.7. The minimum Gasteiger partial charge on any atom is -0.508 e. The van der Waals surface area contributed by atoms with Crippen molar-refractivity contribution in [3.8, 4) is 5.75 Å². The van der Waals surface area contributed by atoms with E-state index in [2.05, 4.69) is 62.8 Å². The molecule has 0 fully saturated rings. The number of carboxylic acid groups (broad SMARTS) is 2. The van der Waals surface area contributed by atoms with Crippen LogP contribution in [-0.2, 0) is 65.6 Å². The summed E-state index contributed by atoms with van der Waals surface area (Å²) in [5.41, 5.74) is 23.1. The zero-order valence-corrected chi connectivity index (χ0v) is 46.7. The summed E-state index contributed by atoms with van der Waals surface area (Å²) in [5.74, 6) is -12.1. The first-order valence-electron chi connectivity index (χ1n) is 26.7. The second kappa shape index (κ2) is 36.0. The van der Waals surface area contributed by atoms with Gasteiger partial charge in [-0.25, -0.2) is 9.78 Å². The van der Waals surface area contributed by atoms with Gasteiger partial charge in [-0.05, 0) is 81.5 Å². The highest BCUT2D eigenvalue weighted by Gasteiger charge is 2.35. The number of phenolic OH excluding ortho intramolecular Hbond substituents is 1. The number of aliphatic carboxylic acids is 2. The molecule has 0 unspecified atom stereocenters. The van der Waals surface area contributed by atoms with E-state index in [0.717, 1.165) is 0 Å². The number of aromatic hydroxyl groups is 1. The summed E-state index contributed by atoms with van der Waals surface area (Å²) in [7, 11) is 0. The molecule has 22 N–H and O–H groups in total. The van der Waals surface area contributed by atoms with Gasteiger partial charge in [-0.1, -0.05) is 46.2 Å². The average molecular weight is 1160 g/mol. The minimum atomic E-state index is -1.70. The highest BCUT2D eigenvalue weighted by atomic mass is 16.4. The number of carboxylic acids is 2. The normalized spacial score (nSPS) is 14.7. The molecule has 0 bridgehead atoms. The minimum absolute atomic E-state index is 0.0193. The number of carbonyl (C=O) groups excluding carboxylic acids is 9. The van der Waals surface area contributed by atoms with Crippen molar-refractivity contribution in [3.63, 3.8) is 0 Å². The molecule has 10 atom stereocenters. The van der Waals surface area contributed by atoms with Gasteiger partial charge in [0.1, 0.15) is 54.1 Å². The highest BCUT2D eigenvalue weighted by Crippen LogP contribution is 2.15. The average Bonchev–Trinajstić information content (AvgIpc) is 3.99. The lowest BCUT2D eigenvalue weighted by molar-refractivity contribution is -0.143. The molecule has 0 aliphatic heterocycles. The van der Waals surface area contributed by atoms with Crippen molar-refractivity contribution in [1.82, 2.24) is 57.8 Å². The molecular weight excluding hydrogens is 1080 g/mol. The third-order valence-electron chi connectivity index (χ3n) is 12.6. The molecule has 31 heteroatoms. The molecule has 1 heterocycles. The summed E-state index contributed by atoms with van der Waals surface area (Å²) in [6, 6.07) is -7.14. The summed E-state index contributed by atoms with van der Waals surface area (Å²) >= 11 is 0. The summed E-state index contributed by atoms with van der Waals surface area (Å²) in [6.07, 6.45) is 2.80. The number of rotatable bonds is 38. The molecule has 0 aliphatic rings. The molecular formula is C51H82N16O15. The van der Waals surface area contributed by atoms with Crippen molar-refractivity contribution in [2.75, 3.05) is 26.2 Å². The van der Waals surface area contributed by atoms with Crippen LogP contribution in [0.3, 0.4) is 0 Å². The fourth-order valence-electron chi connectivity index (χ4n) is 7.84. The van der Waals surface area contributed by atoms with Gasteiger partial charge >= 0.3 is 11.9 Å². The van der Waals surface area contributed by atoms with Gasteiger partial charge in [-0.2, -0.15) is 0 Å². The number of imidazole rings is 1. The smallest absolute Gasteiger partial charge is 0.328 e. The maximum Gasteiger partial charge on any atom is 0.328 e. The van der Waals surface area contributed by atoms with Crippen LogP contribution in [0.5, 0.6) is 5.75 Å². The molecule has 1 aromatic carbocycles. The van der Waals surface area contributed by atoms with Crippen molar-refractivity contribution in [1.29, 1.82) is 0 Å². The van der Waals surface area contributed by atoms with Gasteiger partial charge in [0.05, 0.1) is 31.9 Å². The van der Waals surface area contributed by atoms with Crippen LogP contribution in [-0.4, -0.2) is 182 Å². The van der Waals surface area contributed by atoms with Gasteiger partial charge in [-0.15, -0.1) is 0 Å². The van der Waals surface area contributed by atoms with Crippen LogP contribution in [0.1, 0.15) is 97.2 Å². The Balaban J connectivity index is 2.29. The number of benzene rings is 1. The van der Waals surface area contributed by atoms with E-state index in [-0.39, 0.29) is 69.2 Å². The lowest BCUT2D eigenvalue weighted by Crippen LogP contribution is -2.60. The SMILES string of the molecule is CC[C@H](C)[C@H](NC(=O)CNC(=O)[C@H](CC(C)C)NC(=O)[C@H](CCCCN)NC(=O)[C@H](CC(=O)O)NC(=O)[C@@H](N)CCCN=C(N)N)C(=O)N[C@@H](Cc1ccc(O)cc1)C(=O)N[C@@H](C)C(=O)N[C@@H](Cc1cnc[nH]1)C(=O)N[C@@H](CO)C(=O)O. The number of nitrogens with one attached hydrogen (secondary N) is 10. The van der Waals surface area contributed by atoms with Gasteiger partial charge in [-0.3, -0.25) is 52.9 Å². The summed E-state index contributed by atoms with van der Waals surface area (Å²) in [4.78, 5) is 157. The number of carbonyl (C=O) groups is 11. The highest BCUT2D eigenvalue weighted by molar-refractivity contribution is 5.98. The third kappa shape index (κ3) is 25.8. The predicted octanol–water partition coefficient (Wildman–Crippen LogP) is -4.93. The maximum atomic E-state index is 14.2. The topological polar surface area (TPSA) is 522 Å². The van der Waals surface area contributed by atoms with Crippen LogP contribution in [0.15, 0.2) is 41.8 Å². The molecule has 1 aromatic heterocycles. The number of H-pyrrole nitrogens is 1. The molecule has 9 amide bonds. The van der Waals surface area contributed by atoms with Gasteiger partial charge in [0.25, 0.3) is 0 Å². The number of aliphatic hydroxyl groups is 1. The van der Waals surface area contributed by atoms with E-state index in [1.807, 2.05) is 0 Å². The Bertz CT molecular complexity index is 2480. The number of hydrogen-bond acceptors (Lipinski definition) is 17. The van der Waals surface area contributed by atoms with Crippen LogP contribution < -0.4 is 70.8 Å². The van der Waals surface area contributed by atoms with Crippen molar-refractivity contribution in [3.05, 3.63) is 48.0 Å². The van der Waals surface area contributed by atoms with Gasteiger partial charge in [0.2, 0.25) is 53.2 Å². The molecule has 0 aliphatic carbocycles. The number of nitrogens with two attached hydrogens (primary N) is 4. The fourth-order valence-corrected chi connectivity index (χ4v) is 7.84. The van der Waals surface area contributed by atoms with Gasteiger partial charge in [0, 0.05) is 31.3 Å². The Kier molecular flexibility index (Phi) is 30.6. The number of phenols is 1. The lowest BCUT2D eigenvalue weighted by atomic mass is 9.97. The number of hydrogen-bond donors (Lipinski definition) is 18. The lowest BCUT2D eigenvalue weighted by Gasteiger charge is -2.28.